The van der Waals surface area contributed by atoms with E-state index in [1.807, 2.05) is 0 Å². The van der Waals surface area contributed by atoms with E-state index in [2.05, 4.69) is 15.5 Å². The van der Waals surface area contributed by atoms with Gasteiger partial charge in [0.2, 0.25) is 0 Å². The van der Waals surface area contributed by atoms with Gasteiger partial charge < -0.3 is 10.6 Å². The molecule has 8 heteroatoms. The number of piperazine rings is 1. The van der Waals surface area contributed by atoms with Gasteiger partial charge in [-0.25, -0.2) is 0 Å². The molecule has 1 heterocycles. The van der Waals surface area contributed by atoms with Crippen LogP contribution in [0.25, 0.3) is 0 Å². The zero-order valence-electron chi connectivity index (χ0n) is 12.5. The first-order chi connectivity index (χ1) is 10.1. The molecular formula is C14H21ClN4O3. The molecule has 1 fully saturated rings. The minimum Gasteiger partial charge on any atom is -0.351 e. The van der Waals surface area contributed by atoms with Crippen molar-refractivity contribution in [2.24, 2.45) is 0 Å². The van der Waals surface area contributed by atoms with E-state index in [0.29, 0.717) is 12.1 Å². The van der Waals surface area contributed by atoms with Crippen molar-refractivity contribution in [3.8, 4) is 0 Å². The molecular weight excluding hydrogens is 308 g/mol. The molecule has 0 saturated carbocycles. The van der Waals surface area contributed by atoms with E-state index < -0.39 is 4.92 Å². The van der Waals surface area contributed by atoms with E-state index in [1.165, 1.54) is 6.07 Å². The molecule has 1 aliphatic heterocycles. The molecule has 1 amide bonds. The molecule has 2 rings (SSSR count). The van der Waals surface area contributed by atoms with Crippen LogP contribution in [0.15, 0.2) is 18.2 Å². The number of nitrogens with one attached hydrogen (secondary N) is 2. The van der Waals surface area contributed by atoms with Gasteiger partial charge in [-0.3, -0.25) is 19.8 Å². The van der Waals surface area contributed by atoms with Crippen LogP contribution in [0.1, 0.15) is 15.9 Å². The van der Waals surface area contributed by atoms with Crippen molar-refractivity contribution >= 4 is 24.0 Å². The number of nitrogens with zero attached hydrogens (tertiary/aromatic N) is 2. The standard InChI is InChI=1S/C14H20N4O3.ClH/c1-11-3-2-4-12(13(11)18(20)21)14(19)16-7-10-17-8-5-15-6-9-17;/h2-4,15H,5-10H2,1H3,(H,16,19);1H. The van der Waals surface area contributed by atoms with Crippen LogP contribution in [0.4, 0.5) is 5.69 Å². The number of halogens is 1. The van der Waals surface area contributed by atoms with Gasteiger partial charge in [0, 0.05) is 44.8 Å². The Labute approximate surface area is 135 Å². The van der Waals surface area contributed by atoms with E-state index in [-0.39, 0.29) is 29.6 Å². The van der Waals surface area contributed by atoms with Crippen LogP contribution >= 0.6 is 12.4 Å². The van der Waals surface area contributed by atoms with Crippen LogP contribution in [0, 0.1) is 17.0 Å². The summed E-state index contributed by atoms with van der Waals surface area (Å²) in [5.41, 5.74) is 0.507. The fraction of sp³-hybridized carbons (Fsp3) is 0.500. The minimum absolute atomic E-state index is 0. The van der Waals surface area contributed by atoms with Gasteiger partial charge in [-0.1, -0.05) is 12.1 Å². The number of aryl methyl sites for hydroxylation is 1. The van der Waals surface area contributed by atoms with Gasteiger partial charge >= 0.3 is 0 Å². The van der Waals surface area contributed by atoms with Crippen molar-refractivity contribution in [3.63, 3.8) is 0 Å². The lowest BCUT2D eigenvalue weighted by molar-refractivity contribution is -0.385. The number of para-hydroxylation sites is 1. The summed E-state index contributed by atoms with van der Waals surface area (Å²) in [4.78, 5) is 24.9. The summed E-state index contributed by atoms with van der Waals surface area (Å²) in [6.07, 6.45) is 0. The molecule has 0 bridgehead atoms. The molecule has 22 heavy (non-hydrogen) atoms. The maximum absolute atomic E-state index is 12.1. The average Bonchev–Trinajstić information content (AvgIpc) is 2.47. The first-order valence-electron chi connectivity index (χ1n) is 7.05. The highest BCUT2D eigenvalue weighted by Crippen LogP contribution is 2.22. The minimum atomic E-state index is -0.499. The third-order valence-electron chi connectivity index (χ3n) is 3.59. The number of carbonyl (C=O) groups is 1. The second kappa shape index (κ2) is 8.67. The molecule has 0 atom stereocenters. The molecule has 0 spiro atoms. The van der Waals surface area contributed by atoms with Gasteiger partial charge in [-0.05, 0) is 13.0 Å². The largest absolute Gasteiger partial charge is 0.351 e. The van der Waals surface area contributed by atoms with Crippen LogP contribution in [0.3, 0.4) is 0 Å². The van der Waals surface area contributed by atoms with Crippen LogP contribution in [-0.2, 0) is 0 Å². The quantitative estimate of drug-likeness (QED) is 0.621. The lowest BCUT2D eigenvalue weighted by Gasteiger charge is -2.27. The van der Waals surface area contributed by atoms with Gasteiger partial charge in [0.25, 0.3) is 11.6 Å². The SMILES string of the molecule is Cc1cccc(C(=O)NCCN2CCNCC2)c1[N+](=O)[O-].Cl. The second-order valence-electron chi connectivity index (χ2n) is 5.08. The number of nitro benzene ring substituents is 1. The smallest absolute Gasteiger partial charge is 0.285 e. The molecule has 2 N–H and O–H groups in total. The maximum atomic E-state index is 12.1. The Hall–Kier alpha value is -1.70. The molecule has 0 radical (unpaired) electrons. The van der Waals surface area contributed by atoms with E-state index >= 15 is 0 Å². The molecule has 1 saturated heterocycles. The van der Waals surface area contributed by atoms with Crippen molar-refractivity contribution in [3.05, 3.63) is 39.4 Å². The number of carbonyl (C=O) groups excluding carboxylic acids is 1. The lowest BCUT2D eigenvalue weighted by atomic mass is 10.1. The van der Waals surface area contributed by atoms with Crippen LogP contribution in [0.5, 0.6) is 0 Å². The van der Waals surface area contributed by atoms with Gasteiger partial charge in [-0.2, -0.15) is 0 Å². The van der Waals surface area contributed by atoms with Crippen molar-refractivity contribution in [1.29, 1.82) is 0 Å². The molecule has 7 nitrogen and oxygen atoms in total. The third-order valence-corrected chi connectivity index (χ3v) is 3.59. The first kappa shape index (κ1) is 18.3. The number of hydrogen-bond acceptors (Lipinski definition) is 5. The van der Waals surface area contributed by atoms with Gasteiger partial charge in [0.15, 0.2) is 0 Å². The molecule has 0 unspecified atom stereocenters. The Morgan fingerprint density at radius 2 is 2.09 bits per heavy atom. The van der Waals surface area contributed by atoms with Crippen LogP contribution in [0.2, 0.25) is 0 Å². The van der Waals surface area contributed by atoms with E-state index in [4.69, 9.17) is 0 Å². The number of rotatable bonds is 5. The predicted molar refractivity (Wildman–Crippen MR) is 86.7 cm³/mol. The van der Waals surface area contributed by atoms with Gasteiger partial charge in [0.1, 0.15) is 5.56 Å². The molecule has 1 aromatic rings. The Bertz CT molecular complexity index is 533. The first-order valence-corrected chi connectivity index (χ1v) is 7.05. The zero-order chi connectivity index (χ0) is 15.2. The Kier molecular flexibility index (Phi) is 7.23. The van der Waals surface area contributed by atoms with Crippen molar-refractivity contribution in [1.82, 2.24) is 15.5 Å². The Morgan fingerprint density at radius 1 is 1.41 bits per heavy atom. The third kappa shape index (κ3) is 4.66. The summed E-state index contributed by atoms with van der Waals surface area (Å²) in [7, 11) is 0. The van der Waals surface area contributed by atoms with Gasteiger partial charge in [-0.15, -0.1) is 12.4 Å². The summed E-state index contributed by atoms with van der Waals surface area (Å²) in [5.74, 6) is -0.388. The van der Waals surface area contributed by atoms with E-state index in [1.54, 1.807) is 19.1 Å². The summed E-state index contributed by atoms with van der Waals surface area (Å²) < 4.78 is 0. The highest BCUT2D eigenvalue weighted by Gasteiger charge is 2.22. The summed E-state index contributed by atoms with van der Waals surface area (Å²) in [6.45, 7) is 6.71. The number of amides is 1. The molecule has 1 aromatic carbocycles. The molecule has 122 valence electrons. The van der Waals surface area contributed by atoms with Gasteiger partial charge in [0.05, 0.1) is 4.92 Å². The molecule has 0 aromatic heterocycles. The Morgan fingerprint density at radius 3 is 2.73 bits per heavy atom. The predicted octanol–water partition coefficient (Wildman–Crippen LogP) is 0.960. The summed E-state index contributed by atoms with van der Waals surface area (Å²) in [5, 5.41) is 17.1. The highest BCUT2D eigenvalue weighted by molar-refractivity contribution is 5.98. The average molecular weight is 329 g/mol. The van der Waals surface area contributed by atoms with E-state index in [0.717, 1.165) is 32.7 Å². The van der Waals surface area contributed by atoms with Crippen LogP contribution < -0.4 is 10.6 Å². The topological polar surface area (TPSA) is 87.5 Å². The number of hydrogen-bond donors (Lipinski definition) is 2. The summed E-state index contributed by atoms with van der Waals surface area (Å²) in [6, 6.07) is 4.79. The van der Waals surface area contributed by atoms with Crippen molar-refractivity contribution in [2.45, 2.75) is 6.92 Å². The van der Waals surface area contributed by atoms with Crippen LogP contribution in [-0.4, -0.2) is 55.0 Å². The number of nitro groups is 1. The normalized spacial score (nSPS) is 15.0. The maximum Gasteiger partial charge on any atom is 0.285 e. The fourth-order valence-corrected chi connectivity index (χ4v) is 2.44. The number of benzene rings is 1. The highest BCUT2D eigenvalue weighted by atomic mass is 35.5. The monoisotopic (exact) mass is 328 g/mol. The lowest BCUT2D eigenvalue weighted by Crippen LogP contribution is -2.46. The van der Waals surface area contributed by atoms with Crippen molar-refractivity contribution in [2.75, 3.05) is 39.3 Å². The van der Waals surface area contributed by atoms with E-state index in [9.17, 15) is 14.9 Å². The fourth-order valence-electron chi connectivity index (χ4n) is 2.44. The van der Waals surface area contributed by atoms with Crippen molar-refractivity contribution < 1.29 is 9.72 Å². The summed E-state index contributed by atoms with van der Waals surface area (Å²) >= 11 is 0. The Balaban J connectivity index is 0.00000242. The second-order valence-corrected chi connectivity index (χ2v) is 5.08. The molecule has 1 aliphatic rings. The zero-order valence-corrected chi connectivity index (χ0v) is 13.3. The molecule has 0 aliphatic carbocycles.